The molecule has 31 heavy (non-hydrogen) atoms. The first kappa shape index (κ1) is 23.1. The fourth-order valence-electron chi connectivity index (χ4n) is 3.18. The summed E-state index contributed by atoms with van der Waals surface area (Å²) in [6, 6.07) is 12.6. The molecule has 1 aliphatic rings. The highest BCUT2D eigenvalue weighted by molar-refractivity contribution is 7.89. The molecule has 0 aromatic heterocycles. The van der Waals surface area contributed by atoms with E-state index in [2.05, 4.69) is 27.8 Å². The van der Waals surface area contributed by atoms with Gasteiger partial charge in [-0.1, -0.05) is 24.3 Å². The van der Waals surface area contributed by atoms with Gasteiger partial charge in [0.2, 0.25) is 10.0 Å². The Labute approximate surface area is 183 Å². The summed E-state index contributed by atoms with van der Waals surface area (Å²) in [5, 5.41) is 11.7. The van der Waals surface area contributed by atoms with Gasteiger partial charge in [0.05, 0.1) is 24.7 Å². The van der Waals surface area contributed by atoms with Gasteiger partial charge < -0.3 is 20.1 Å². The summed E-state index contributed by atoms with van der Waals surface area (Å²) in [6.07, 6.45) is 0.984. The van der Waals surface area contributed by atoms with Crippen LogP contribution in [0.15, 0.2) is 52.4 Å². The Balaban J connectivity index is 1.66. The number of sulfonamides is 1. The summed E-state index contributed by atoms with van der Waals surface area (Å²) in [4.78, 5) is 4.68. The number of guanidine groups is 1. The molecule has 0 radical (unpaired) electrons. The number of ether oxygens (including phenoxy) is 2. The Morgan fingerprint density at radius 3 is 2.65 bits per heavy atom. The first-order valence-corrected chi connectivity index (χ1v) is 11.9. The van der Waals surface area contributed by atoms with Crippen LogP contribution < -0.4 is 20.5 Å². The number of primary sulfonamides is 1. The number of hydrogen-bond acceptors (Lipinski definition) is 5. The zero-order valence-electron chi connectivity index (χ0n) is 17.9. The minimum Gasteiger partial charge on any atom is -0.488 e. The number of rotatable bonds is 8. The molecule has 0 aliphatic carbocycles. The molecule has 8 nitrogen and oxygen atoms in total. The summed E-state index contributed by atoms with van der Waals surface area (Å²) < 4.78 is 34.4. The van der Waals surface area contributed by atoms with Crippen molar-refractivity contribution in [3.8, 4) is 5.75 Å². The quantitative estimate of drug-likeness (QED) is 0.422. The molecule has 4 N–H and O–H groups in total. The third-order valence-corrected chi connectivity index (χ3v) is 5.80. The van der Waals surface area contributed by atoms with Gasteiger partial charge in [-0.15, -0.1) is 0 Å². The Bertz CT molecular complexity index is 1000. The Kier molecular flexibility index (Phi) is 7.89. The lowest BCUT2D eigenvalue weighted by Crippen LogP contribution is -2.37. The topological polar surface area (TPSA) is 115 Å². The summed E-state index contributed by atoms with van der Waals surface area (Å²) in [5.41, 5.74) is 3.06. The highest BCUT2D eigenvalue weighted by Crippen LogP contribution is 2.23. The molecule has 3 rings (SSSR count). The fraction of sp³-hybridized carbons (Fsp3) is 0.409. The Morgan fingerprint density at radius 2 is 2.00 bits per heavy atom. The van der Waals surface area contributed by atoms with Gasteiger partial charge in [-0.3, -0.25) is 0 Å². The molecular weight excluding hydrogens is 416 g/mol. The van der Waals surface area contributed by atoms with Crippen molar-refractivity contribution in [2.75, 3.05) is 19.8 Å². The average molecular weight is 447 g/mol. The van der Waals surface area contributed by atoms with Gasteiger partial charge in [0.1, 0.15) is 11.9 Å². The second-order valence-electron chi connectivity index (χ2n) is 7.45. The van der Waals surface area contributed by atoms with Gasteiger partial charge in [0.15, 0.2) is 5.96 Å². The van der Waals surface area contributed by atoms with Crippen LogP contribution in [0.4, 0.5) is 0 Å². The predicted molar refractivity (Wildman–Crippen MR) is 121 cm³/mol. The minimum atomic E-state index is -3.70. The Hall–Kier alpha value is -2.62. The maximum absolute atomic E-state index is 11.4. The Morgan fingerprint density at radius 1 is 1.23 bits per heavy atom. The van der Waals surface area contributed by atoms with E-state index in [0.29, 0.717) is 32.2 Å². The molecule has 0 saturated carbocycles. The first-order valence-electron chi connectivity index (χ1n) is 10.3. The van der Waals surface area contributed by atoms with Crippen LogP contribution in [0.2, 0.25) is 0 Å². The van der Waals surface area contributed by atoms with E-state index in [9.17, 15) is 8.42 Å². The lowest BCUT2D eigenvalue weighted by atomic mass is 10.1. The molecule has 168 valence electrons. The summed E-state index contributed by atoms with van der Waals surface area (Å²) in [6.45, 7) is 7.07. The van der Waals surface area contributed by atoms with Crippen LogP contribution in [0, 0.1) is 6.92 Å². The predicted octanol–water partition coefficient (Wildman–Crippen LogP) is 2.07. The molecule has 1 saturated heterocycles. The van der Waals surface area contributed by atoms with Crippen molar-refractivity contribution in [1.29, 1.82) is 0 Å². The summed E-state index contributed by atoms with van der Waals surface area (Å²) >= 11 is 0. The molecule has 9 heteroatoms. The van der Waals surface area contributed by atoms with Crippen LogP contribution in [0.3, 0.4) is 0 Å². The van der Waals surface area contributed by atoms with Gasteiger partial charge in [0.25, 0.3) is 0 Å². The van der Waals surface area contributed by atoms with Crippen LogP contribution >= 0.6 is 0 Å². The second-order valence-corrected chi connectivity index (χ2v) is 9.01. The van der Waals surface area contributed by atoms with E-state index in [1.807, 2.05) is 19.9 Å². The number of nitrogens with one attached hydrogen (secondary N) is 2. The van der Waals surface area contributed by atoms with Crippen LogP contribution in [-0.2, 0) is 27.8 Å². The van der Waals surface area contributed by atoms with Gasteiger partial charge in [-0.2, -0.15) is 0 Å². The smallest absolute Gasteiger partial charge is 0.238 e. The van der Waals surface area contributed by atoms with Crippen molar-refractivity contribution in [3.05, 3.63) is 59.2 Å². The minimum absolute atomic E-state index is 0.0859. The van der Waals surface area contributed by atoms with Gasteiger partial charge >= 0.3 is 0 Å². The second kappa shape index (κ2) is 10.6. The highest BCUT2D eigenvalue weighted by atomic mass is 32.2. The van der Waals surface area contributed by atoms with Gasteiger partial charge in [0, 0.05) is 25.1 Å². The normalized spacial score (nSPS) is 16.9. The van der Waals surface area contributed by atoms with E-state index in [4.69, 9.17) is 14.6 Å². The van der Waals surface area contributed by atoms with Crippen molar-refractivity contribution in [2.45, 2.75) is 44.4 Å². The fourth-order valence-corrected chi connectivity index (χ4v) is 3.69. The van der Waals surface area contributed by atoms with E-state index in [1.165, 1.54) is 12.1 Å². The first-order chi connectivity index (χ1) is 14.8. The molecule has 1 unspecified atom stereocenters. The molecule has 1 fully saturated rings. The van der Waals surface area contributed by atoms with E-state index in [-0.39, 0.29) is 11.0 Å². The molecular formula is C22H30N4O4S. The maximum atomic E-state index is 11.4. The zero-order valence-corrected chi connectivity index (χ0v) is 18.7. The van der Waals surface area contributed by atoms with E-state index in [1.54, 1.807) is 12.1 Å². The van der Waals surface area contributed by atoms with Crippen molar-refractivity contribution in [2.24, 2.45) is 10.1 Å². The van der Waals surface area contributed by atoms with Crippen molar-refractivity contribution in [1.82, 2.24) is 10.6 Å². The lowest BCUT2D eigenvalue weighted by Gasteiger charge is -2.18. The van der Waals surface area contributed by atoms with Crippen LogP contribution in [0.1, 0.15) is 30.0 Å². The van der Waals surface area contributed by atoms with Crippen molar-refractivity contribution >= 4 is 16.0 Å². The van der Waals surface area contributed by atoms with E-state index in [0.717, 1.165) is 35.5 Å². The molecule has 0 bridgehead atoms. The number of aliphatic imine (C=N–C) groups is 1. The van der Waals surface area contributed by atoms with E-state index >= 15 is 0 Å². The standard InChI is InChI=1S/C22H30N4O4S/c1-3-24-22(25-13-17-5-8-20(9-6-17)31(23,27)28)26-14-18-7-4-16(2)12-21(18)30-19-10-11-29-15-19/h4-9,12,19H,3,10-11,13-15H2,1-2H3,(H2,23,27,28)(H2,24,25,26). The zero-order chi connectivity index (χ0) is 22.3. The largest absolute Gasteiger partial charge is 0.488 e. The van der Waals surface area contributed by atoms with Crippen molar-refractivity contribution < 1.29 is 17.9 Å². The van der Waals surface area contributed by atoms with Gasteiger partial charge in [-0.05, 0) is 43.2 Å². The SMILES string of the molecule is CCNC(=NCc1ccc(S(N)(=O)=O)cc1)NCc1ccc(C)cc1OC1CCOC1. The number of benzene rings is 2. The van der Waals surface area contributed by atoms with Crippen molar-refractivity contribution in [3.63, 3.8) is 0 Å². The van der Waals surface area contributed by atoms with E-state index < -0.39 is 10.0 Å². The highest BCUT2D eigenvalue weighted by Gasteiger charge is 2.18. The third-order valence-electron chi connectivity index (χ3n) is 4.87. The monoisotopic (exact) mass is 446 g/mol. The number of hydrogen-bond donors (Lipinski definition) is 3. The van der Waals surface area contributed by atoms with Crippen LogP contribution in [0.25, 0.3) is 0 Å². The van der Waals surface area contributed by atoms with Gasteiger partial charge in [-0.25, -0.2) is 18.5 Å². The average Bonchev–Trinajstić information content (AvgIpc) is 3.24. The number of nitrogens with two attached hydrogens (primary N) is 1. The third kappa shape index (κ3) is 6.95. The molecule has 0 spiro atoms. The lowest BCUT2D eigenvalue weighted by molar-refractivity contribution is 0.140. The van der Waals surface area contributed by atoms with Crippen LogP contribution in [0.5, 0.6) is 5.75 Å². The summed E-state index contributed by atoms with van der Waals surface area (Å²) in [7, 11) is -3.70. The maximum Gasteiger partial charge on any atom is 0.238 e. The molecule has 1 heterocycles. The molecule has 0 amide bonds. The molecule has 2 aromatic carbocycles. The number of aryl methyl sites for hydroxylation is 1. The molecule has 1 atom stereocenters. The van der Waals surface area contributed by atoms with Crippen LogP contribution in [-0.4, -0.2) is 40.2 Å². The molecule has 2 aromatic rings. The number of nitrogens with zero attached hydrogens (tertiary/aromatic N) is 1. The molecule has 1 aliphatic heterocycles. The summed E-state index contributed by atoms with van der Waals surface area (Å²) in [5.74, 6) is 1.52.